The smallest absolute Gasteiger partial charge is 0.0665 e. The van der Waals surface area contributed by atoms with Gasteiger partial charge in [-0.15, -0.1) is 0 Å². The zero-order valence-electron chi connectivity index (χ0n) is 8.04. The summed E-state index contributed by atoms with van der Waals surface area (Å²) in [7, 11) is 0. The zero-order chi connectivity index (χ0) is 9.26. The van der Waals surface area contributed by atoms with Gasteiger partial charge in [0, 0.05) is 11.4 Å². The number of pyridine rings is 1. The molecule has 0 unspecified atom stereocenters. The van der Waals surface area contributed by atoms with Gasteiger partial charge in [0.1, 0.15) is 0 Å². The molecule has 0 bridgehead atoms. The van der Waals surface area contributed by atoms with Crippen LogP contribution >= 0.6 is 0 Å². The Bertz CT molecular complexity index is 466. The van der Waals surface area contributed by atoms with Crippen LogP contribution in [0.15, 0.2) is 23.9 Å². The summed E-state index contributed by atoms with van der Waals surface area (Å²) in [5.41, 5.74) is 2.60. The van der Waals surface area contributed by atoms with E-state index in [9.17, 15) is 0 Å². The van der Waals surface area contributed by atoms with Crippen molar-refractivity contribution in [3.8, 4) is 0 Å². The molecule has 2 rings (SSSR count). The average Bonchev–Trinajstić information content (AvgIpc) is 2.29. The predicted octanol–water partition coefficient (Wildman–Crippen LogP) is 1.30. The summed E-state index contributed by atoms with van der Waals surface area (Å²) in [5, 5.41) is 2.34. The van der Waals surface area contributed by atoms with Crippen molar-refractivity contribution in [3.63, 3.8) is 0 Å². The van der Waals surface area contributed by atoms with E-state index < -0.39 is 0 Å². The van der Waals surface area contributed by atoms with Crippen LogP contribution in [0, 0.1) is 6.92 Å². The lowest BCUT2D eigenvalue weighted by molar-refractivity contribution is 1.16. The van der Waals surface area contributed by atoms with Crippen LogP contribution in [-0.2, 0) is 0 Å². The molecule has 0 saturated carbocycles. The molecule has 1 heteroatoms. The van der Waals surface area contributed by atoms with Crippen LogP contribution in [0.3, 0.4) is 0 Å². The van der Waals surface area contributed by atoms with Crippen molar-refractivity contribution >= 4 is 12.2 Å². The third-order valence-electron chi connectivity index (χ3n) is 2.25. The van der Waals surface area contributed by atoms with Gasteiger partial charge in [0.2, 0.25) is 0 Å². The summed E-state index contributed by atoms with van der Waals surface area (Å²) in [6.45, 7) is 4.22. The number of nitrogens with zero attached hydrogens (tertiary/aromatic N) is 1. The van der Waals surface area contributed by atoms with Crippen molar-refractivity contribution in [3.05, 3.63) is 40.0 Å². The Kier molecular flexibility index (Phi) is 2.01. The standard InChI is InChI=1S/C12H13N/c1-9-3-5-11-7-10(2)8-13-12(11)6-4-9/h3,5-8H,4H2,1-2H3. The molecule has 0 amide bonds. The molecule has 1 aliphatic rings. The summed E-state index contributed by atoms with van der Waals surface area (Å²) < 4.78 is 0. The SMILES string of the molecule is CC1=CC=c2cc(C)cnc2=CC1. The van der Waals surface area contributed by atoms with Gasteiger partial charge < -0.3 is 0 Å². The van der Waals surface area contributed by atoms with Gasteiger partial charge in [-0.1, -0.05) is 23.8 Å². The van der Waals surface area contributed by atoms with Crippen LogP contribution in [0.5, 0.6) is 0 Å². The minimum atomic E-state index is 1.01. The number of hydrogen-bond donors (Lipinski definition) is 0. The predicted molar refractivity (Wildman–Crippen MR) is 55.5 cm³/mol. The van der Waals surface area contributed by atoms with E-state index in [2.05, 4.69) is 43.1 Å². The quantitative estimate of drug-likeness (QED) is 0.573. The molecular weight excluding hydrogens is 158 g/mol. The van der Waals surface area contributed by atoms with Gasteiger partial charge in [0.15, 0.2) is 0 Å². The summed E-state index contributed by atoms with van der Waals surface area (Å²) in [4.78, 5) is 4.39. The van der Waals surface area contributed by atoms with E-state index in [1.165, 1.54) is 16.4 Å². The molecule has 13 heavy (non-hydrogen) atoms. The molecule has 1 heterocycles. The lowest BCUT2D eigenvalue weighted by Gasteiger charge is -1.91. The Morgan fingerprint density at radius 3 is 2.92 bits per heavy atom. The first-order chi connectivity index (χ1) is 6.25. The lowest BCUT2D eigenvalue weighted by atomic mass is 10.2. The normalized spacial score (nSPS) is 14.8. The molecule has 0 aromatic carbocycles. The second-order valence-electron chi connectivity index (χ2n) is 3.58. The van der Waals surface area contributed by atoms with Gasteiger partial charge in [0.05, 0.1) is 5.35 Å². The molecule has 66 valence electrons. The number of fused-ring (bicyclic) bond motifs is 1. The van der Waals surface area contributed by atoms with Crippen LogP contribution < -0.4 is 10.6 Å². The number of allylic oxidation sites excluding steroid dienone is 2. The monoisotopic (exact) mass is 171 g/mol. The van der Waals surface area contributed by atoms with E-state index in [0.717, 1.165) is 11.8 Å². The second-order valence-corrected chi connectivity index (χ2v) is 3.58. The molecule has 0 N–H and O–H groups in total. The molecular formula is C12H13N. The van der Waals surface area contributed by atoms with Crippen molar-refractivity contribution < 1.29 is 0 Å². The second kappa shape index (κ2) is 3.17. The molecule has 0 fully saturated rings. The van der Waals surface area contributed by atoms with Crippen molar-refractivity contribution in [2.45, 2.75) is 20.3 Å². The Balaban J connectivity index is 2.72. The first-order valence-corrected chi connectivity index (χ1v) is 4.56. The highest BCUT2D eigenvalue weighted by Gasteiger charge is 1.93. The van der Waals surface area contributed by atoms with E-state index >= 15 is 0 Å². The maximum Gasteiger partial charge on any atom is 0.0665 e. The maximum absolute atomic E-state index is 4.39. The van der Waals surface area contributed by atoms with Crippen LogP contribution in [0.2, 0.25) is 0 Å². The number of aromatic nitrogens is 1. The van der Waals surface area contributed by atoms with E-state index in [4.69, 9.17) is 0 Å². The van der Waals surface area contributed by atoms with Crippen molar-refractivity contribution in [2.24, 2.45) is 0 Å². The molecule has 1 aliphatic carbocycles. The third kappa shape index (κ3) is 1.69. The average molecular weight is 171 g/mol. The Labute approximate surface area is 78.1 Å². The van der Waals surface area contributed by atoms with Gasteiger partial charge in [-0.05, 0) is 31.9 Å². The summed E-state index contributed by atoms with van der Waals surface area (Å²) in [6, 6.07) is 2.17. The lowest BCUT2D eigenvalue weighted by Crippen LogP contribution is -2.27. The molecule has 1 aromatic rings. The topological polar surface area (TPSA) is 12.9 Å². The summed E-state index contributed by atoms with van der Waals surface area (Å²) in [5.74, 6) is 0. The van der Waals surface area contributed by atoms with Crippen molar-refractivity contribution in [1.29, 1.82) is 0 Å². The van der Waals surface area contributed by atoms with E-state index in [0.29, 0.717) is 0 Å². The number of hydrogen-bond acceptors (Lipinski definition) is 1. The van der Waals surface area contributed by atoms with E-state index in [-0.39, 0.29) is 0 Å². The Hall–Kier alpha value is -1.37. The van der Waals surface area contributed by atoms with Gasteiger partial charge in [0.25, 0.3) is 0 Å². The fraction of sp³-hybridized carbons (Fsp3) is 0.250. The highest BCUT2D eigenvalue weighted by molar-refractivity contribution is 5.45. The summed E-state index contributed by atoms with van der Waals surface area (Å²) >= 11 is 0. The largest absolute Gasteiger partial charge is 0.256 e. The van der Waals surface area contributed by atoms with Crippen LogP contribution in [0.1, 0.15) is 18.9 Å². The molecule has 0 radical (unpaired) electrons. The highest BCUT2D eigenvalue weighted by Crippen LogP contribution is 2.01. The molecule has 0 spiro atoms. The Morgan fingerprint density at radius 2 is 2.08 bits per heavy atom. The molecule has 0 atom stereocenters. The fourth-order valence-electron chi connectivity index (χ4n) is 1.46. The molecule has 1 nitrogen and oxygen atoms in total. The first kappa shape index (κ1) is 8.24. The number of rotatable bonds is 0. The van der Waals surface area contributed by atoms with Gasteiger partial charge in [-0.2, -0.15) is 0 Å². The maximum atomic E-state index is 4.39. The van der Waals surface area contributed by atoms with Gasteiger partial charge in [-0.25, -0.2) is 0 Å². The molecule has 0 aliphatic heterocycles. The van der Waals surface area contributed by atoms with Crippen molar-refractivity contribution in [1.82, 2.24) is 4.98 Å². The van der Waals surface area contributed by atoms with E-state index in [1.54, 1.807) is 0 Å². The van der Waals surface area contributed by atoms with Crippen molar-refractivity contribution in [2.75, 3.05) is 0 Å². The Morgan fingerprint density at radius 1 is 1.23 bits per heavy atom. The first-order valence-electron chi connectivity index (χ1n) is 4.56. The summed E-state index contributed by atoms with van der Waals surface area (Å²) in [6.07, 6.45) is 9.44. The zero-order valence-corrected chi connectivity index (χ0v) is 8.04. The minimum Gasteiger partial charge on any atom is -0.256 e. The van der Waals surface area contributed by atoms with Crippen LogP contribution in [-0.4, -0.2) is 4.98 Å². The highest BCUT2D eigenvalue weighted by atomic mass is 14.6. The van der Waals surface area contributed by atoms with E-state index in [1.807, 2.05) is 6.20 Å². The molecule has 1 aromatic heterocycles. The van der Waals surface area contributed by atoms with Crippen LogP contribution in [0.4, 0.5) is 0 Å². The fourth-order valence-corrected chi connectivity index (χ4v) is 1.46. The van der Waals surface area contributed by atoms with Gasteiger partial charge >= 0.3 is 0 Å². The third-order valence-corrected chi connectivity index (χ3v) is 2.25. The number of aryl methyl sites for hydroxylation is 1. The minimum absolute atomic E-state index is 1.01. The van der Waals surface area contributed by atoms with Crippen LogP contribution in [0.25, 0.3) is 12.2 Å². The molecule has 0 saturated heterocycles. The van der Waals surface area contributed by atoms with Gasteiger partial charge in [-0.3, -0.25) is 4.98 Å².